The number of nitrogens with zero attached hydrogens (tertiary/aromatic N) is 1. The molecule has 0 spiro atoms. The molecule has 0 bridgehead atoms. The molecule has 3 nitrogen and oxygen atoms in total. The summed E-state index contributed by atoms with van der Waals surface area (Å²) in [6.07, 6.45) is 0. The van der Waals surface area contributed by atoms with Gasteiger partial charge in [0.2, 0.25) is 0 Å². The Morgan fingerprint density at radius 2 is 1.91 bits per heavy atom. The molecule has 0 amide bonds. The lowest BCUT2D eigenvalue weighted by Crippen LogP contribution is -2.00. The maximum absolute atomic E-state index is 13.8. The number of ketones is 1. The van der Waals surface area contributed by atoms with Crippen LogP contribution in [0.25, 0.3) is 10.6 Å². The van der Waals surface area contributed by atoms with Crippen molar-refractivity contribution in [1.29, 1.82) is 0 Å². The number of hydrogen-bond acceptors (Lipinski definition) is 4. The van der Waals surface area contributed by atoms with Crippen LogP contribution in [0.5, 0.6) is 0 Å². The van der Waals surface area contributed by atoms with Gasteiger partial charge in [-0.05, 0) is 43.3 Å². The standard InChI is InChI=1S/C18H15FN2OS/c1-12(22)13-6-8-14(9-7-13)20-10-15-11-23-18(21-15)16-4-2-3-5-17(16)19/h2-9,11,20H,10H2,1H3. The fourth-order valence-corrected chi connectivity index (χ4v) is 3.01. The van der Waals surface area contributed by atoms with E-state index in [0.29, 0.717) is 22.7 Å². The number of nitrogens with one attached hydrogen (secondary N) is 1. The van der Waals surface area contributed by atoms with Crippen molar-refractivity contribution in [2.45, 2.75) is 13.5 Å². The first-order valence-corrected chi connectivity index (χ1v) is 8.05. The molecule has 1 aromatic heterocycles. The number of halogens is 1. The van der Waals surface area contributed by atoms with E-state index in [4.69, 9.17) is 0 Å². The van der Waals surface area contributed by atoms with Crippen LogP contribution in [0.3, 0.4) is 0 Å². The Morgan fingerprint density at radius 1 is 1.17 bits per heavy atom. The summed E-state index contributed by atoms with van der Waals surface area (Å²) in [5.74, 6) is -0.216. The van der Waals surface area contributed by atoms with Crippen LogP contribution < -0.4 is 5.32 Å². The number of hydrogen-bond donors (Lipinski definition) is 1. The van der Waals surface area contributed by atoms with Gasteiger partial charge in [-0.3, -0.25) is 4.79 Å². The number of Topliss-reactive ketones (excluding diaryl/α,β-unsaturated/α-hetero) is 1. The summed E-state index contributed by atoms with van der Waals surface area (Å²) in [6.45, 7) is 2.09. The highest BCUT2D eigenvalue weighted by molar-refractivity contribution is 7.13. The molecule has 0 radical (unpaired) electrons. The van der Waals surface area contributed by atoms with Crippen molar-refractivity contribution in [3.05, 3.63) is 71.0 Å². The van der Waals surface area contributed by atoms with E-state index >= 15 is 0 Å². The smallest absolute Gasteiger partial charge is 0.159 e. The summed E-state index contributed by atoms with van der Waals surface area (Å²) < 4.78 is 13.8. The number of carbonyl (C=O) groups excluding carboxylic acids is 1. The van der Waals surface area contributed by atoms with Crippen LogP contribution in [-0.2, 0) is 6.54 Å². The van der Waals surface area contributed by atoms with Crippen LogP contribution in [0.2, 0.25) is 0 Å². The number of thiazole rings is 1. The third kappa shape index (κ3) is 3.63. The van der Waals surface area contributed by atoms with E-state index < -0.39 is 0 Å². The van der Waals surface area contributed by atoms with Crippen molar-refractivity contribution in [3.8, 4) is 10.6 Å². The van der Waals surface area contributed by atoms with Gasteiger partial charge in [-0.1, -0.05) is 12.1 Å². The van der Waals surface area contributed by atoms with Gasteiger partial charge in [-0.25, -0.2) is 9.37 Å². The Kier molecular flexibility index (Phi) is 4.48. The lowest BCUT2D eigenvalue weighted by Gasteiger charge is -2.05. The average molecular weight is 326 g/mol. The normalized spacial score (nSPS) is 10.5. The molecule has 0 saturated carbocycles. The Bertz CT molecular complexity index is 827. The average Bonchev–Trinajstić information content (AvgIpc) is 3.02. The van der Waals surface area contributed by atoms with E-state index in [2.05, 4.69) is 10.3 Å². The van der Waals surface area contributed by atoms with Gasteiger partial charge in [-0.15, -0.1) is 11.3 Å². The summed E-state index contributed by atoms with van der Waals surface area (Å²) in [5.41, 5.74) is 2.97. The number of benzene rings is 2. The molecule has 0 unspecified atom stereocenters. The molecule has 0 fully saturated rings. The Labute approximate surface area is 137 Å². The zero-order valence-electron chi connectivity index (χ0n) is 12.5. The van der Waals surface area contributed by atoms with Gasteiger partial charge in [0.1, 0.15) is 10.8 Å². The Balaban J connectivity index is 1.68. The lowest BCUT2D eigenvalue weighted by atomic mass is 10.1. The van der Waals surface area contributed by atoms with Gasteiger partial charge >= 0.3 is 0 Å². The second-order valence-corrected chi connectivity index (χ2v) is 5.97. The Hall–Kier alpha value is -2.53. The summed E-state index contributed by atoms with van der Waals surface area (Å²) >= 11 is 1.42. The van der Waals surface area contributed by atoms with Crippen molar-refractivity contribution in [1.82, 2.24) is 4.98 Å². The largest absolute Gasteiger partial charge is 0.379 e. The highest BCUT2D eigenvalue weighted by Crippen LogP contribution is 2.26. The van der Waals surface area contributed by atoms with E-state index in [-0.39, 0.29) is 11.6 Å². The molecule has 0 atom stereocenters. The lowest BCUT2D eigenvalue weighted by molar-refractivity contribution is 0.101. The minimum atomic E-state index is -0.263. The zero-order chi connectivity index (χ0) is 16.2. The quantitative estimate of drug-likeness (QED) is 0.687. The van der Waals surface area contributed by atoms with Crippen LogP contribution in [-0.4, -0.2) is 10.8 Å². The summed E-state index contributed by atoms with van der Waals surface area (Å²) in [6, 6.07) is 13.9. The molecule has 1 heterocycles. The van der Waals surface area contributed by atoms with Crippen LogP contribution >= 0.6 is 11.3 Å². The first-order valence-electron chi connectivity index (χ1n) is 7.17. The van der Waals surface area contributed by atoms with E-state index in [1.807, 2.05) is 17.5 Å². The van der Waals surface area contributed by atoms with Crippen molar-refractivity contribution < 1.29 is 9.18 Å². The van der Waals surface area contributed by atoms with Crippen molar-refractivity contribution in [2.75, 3.05) is 5.32 Å². The molecule has 23 heavy (non-hydrogen) atoms. The molecule has 0 aliphatic carbocycles. The summed E-state index contributed by atoms with van der Waals surface area (Å²) in [5, 5.41) is 5.83. The molecule has 0 aliphatic heterocycles. The highest BCUT2D eigenvalue weighted by Gasteiger charge is 2.09. The molecular formula is C18H15FN2OS. The van der Waals surface area contributed by atoms with Crippen molar-refractivity contribution in [2.24, 2.45) is 0 Å². The third-order valence-corrected chi connectivity index (χ3v) is 4.35. The number of carbonyl (C=O) groups is 1. The van der Waals surface area contributed by atoms with Gasteiger partial charge in [0, 0.05) is 22.2 Å². The fraction of sp³-hybridized carbons (Fsp3) is 0.111. The van der Waals surface area contributed by atoms with E-state index in [1.165, 1.54) is 17.4 Å². The van der Waals surface area contributed by atoms with Gasteiger partial charge < -0.3 is 5.32 Å². The predicted octanol–water partition coefficient (Wildman–Crippen LogP) is 4.76. The second-order valence-electron chi connectivity index (χ2n) is 5.11. The van der Waals surface area contributed by atoms with Gasteiger partial charge in [0.15, 0.2) is 5.78 Å². The summed E-state index contributed by atoms with van der Waals surface area (Å²) in [4.78, 5) is 15.7. The fourth-order valence-electron chi connectivity index (χ4n) is 2.16. The topological polar surface area (TPSA) is 42.0 Å². The molecule has 0 saturated heterocycles. The van der Waals surface area contributed by atoms with E-state index in [1.54, 1.807) is 37.3 Å². The molecule has 3 aromatic rings. The molecule has 5 heteroatoms. The molecule has 1 N–H and O–H groups in total. The van der Waals surface area contributed by atoms with E-state index in [9.17, 15) is 9.18 Å². The molecule has 116 valence electrons. The number of rotatable bonds is 5. The maximum Gasteiger partial charge on any atom is 0.159 e. The van der Waals surface area contributed by atoms with Crippen LogP contribution in [0.1, 0.15) is 23.0 Å². The minimum Gasteiger partial charge on any atom is -0.379 e. The van der Waals surface area contributed by atoms with Crippen molar-refractivity contribution in [3.63, 3.8) is 0 Å². The third-order valence-electron chi connectivity index (χ3n) is 3.42. The van der Waals surface area contributed by atoms with Crippen LogP contribution in [0.15, 0.2) is 53.9 Å². The van der Waals surface area contributed by atoms with Gasteiger partial charge in [0.05, 0.1) is 12.2 Å². The SMILES string of the molecule is CC(=O)c1ccc(NCc2csc(-c3ccccc3F)n2)cc1. The number of anilines is 1. The summed E-state index contributed by atoms with van der Waals surface area (Å²) in [7, 11) is 0. The van der Waals surface area contributed by atoms with Crippen LogP contribution in [0.4, 0.5) is 10.1 Å². The molecule has 0 aliphatic rings. The first-order chi connectivity index (χ1) is 11.1. The second kappa shape index (κ2) is 6.71. The monoisotopic (exact) mass is 326 g/mol. The Morgan fingerprint density at radius 3 is 2.61 bits per heavy atom. The highest BCUT2D eigenvalue weighted by atomic mass is 32.1. The molecule has 3 rings (SSSR count). The van der Waals surface area contributed by atoms with Gasteiger partial charge in [0.25, 0.3) is 0 Å². The predicted molar refractivity (Wildman–Crippen MR) is 91.3 cm³/mol. The van der Waals surface area contributed by atoms with Crippen LogP contribution in [0, 0.1) is 5.82 Å². The maximum atomic E-state index is 13.8. The first kappa shape index (κ1) is 15.4. The molecular weight excluding hydrogens is 311 g/mol. The molecule has 2 aromatic carbocycles. The van der Waals surface area contributed by atoms with E-state index in [0.717, 1.165) is 11.4 Å². The van der Waals surface area contributed by atoms with Crippen molar-refractivity contribution >= 4 is 22.8 Å². The number of aromatic nitrogens is 1. The minimum absolute atomic E-state index is 0.0468. The zero-order valence-corrected chi connectivity index (χ0v) is 13.4. The van der Waals surface area contributed by atoms with Gasteiger partial charge in [-0.2, -0.15) is 0 Å².